The molecule has 1 aliphatic heterocycles. The van der Waals surface area contributed by atoms with E-state index in [2.05, 4.69) is 13.0 Å². The van der Waals surface area contributed by atoms with Crippen LogP contribution in [0.3, 0.4) is 0 Å². The van der Waals surface area contributed by atoms with Crippen LogP contribution in [0, 0.1) is 16.7 Å². The van der Waals surface area contributed by atoms with Gasteiger partial charge >= 0.3 is 0 Å². The molecule has 4 nitrogen and oxygen atoms in total. The van der Waals surface area contributed by atoms with Gasteiger partial charge < -0.3 is 14.6 Å². The molecule has 2 rings (SSSR count). The Labute approximate surface area is 119 Å². The number of hydrogen-bond donors (Lipinski definition) is 1. The lowest BCUT2D eigenvalue weighted by Crippen LogP contribution is -2.34. The standard InChI is InChI=1S/C16H21NO3/c1-2-9-20-14-5-3-13(4-6-14)15(18)16(12-17)7-10-19-11-8-16/h3-6,15,18H,2,7-11H2,1H3. The summed E-state index contributed by atoms with van der Waals surface area (Å²) in [6, 6.07) is 9.67. The van der Waals surface area contributed by atoms with Gasteiger partial charge in [-0.05, 0) is 37.0 Å². The molecule has 1 heterocycles. The highest BCUT2D eigenvalue weighted by atomic mass is 16.5. The maximum absolute atomic E-state index is 10.5. The van der Waals surface area contributed by atoms with E-state index in [0.29, 0.717) is 32.7 Å². The zero-order valence-electron chi connectivity index (χ0n) is 11.8. The summed E-state index contributed by atoms with van der Waals surface area (Å²) in [5.74, 6) is 0.792. The lowest BCUT2D eigenvalue weighted by Gasteiger charge is -2.35. The second-order valence-electron chi connectivity index (χ2n) is 5.20. The number of nitrogens with zero attached hydrogens (tertiary/aromatic N) is 1. The fraction of sp³-hybridized carbons (Fsp3) is 0.562. The van der Waals surface area contributed by atoms with Crippen LogP contribution < -0.4 is 4.74 Å². The van der Waals surface area contributed by atoms with Gasteiger partial charge in [0.2, 0.25) is 0 Å². The third-order valence-electron chi connectivity index (χ3n) is 3.80. The SMILES string of the molecule is CCCOc1ccc(C(O)C2(C#N)CCOCC2)cc1. The van der Waals surface area contributed by atoms with Gasteiger partial charge in [-0.25, -0.2) is 0 Å². The normalized spacial score (nSPS) is 19.1. The van der Waals surface area contributed by atoms with Gasteiger partial charge in [0.1, 0.15) is 5.75 Å². The summed E-state index contributed by atoms with van der Waals surface area (Å²) in [6.45, 7) is 3.80. The van der Waals surface area contributed by atoms with Crippen molar-refractivity contribution in [3.63, 3.8) is 0 Å². The largest absolute Gasteiger partial charge is 0.494 e. The van der Waals surface area contributed by atoms with E-state index in [-0.39, 0.29) is 0 Å². The Kier molecular flexibility index (Phi) is 4.99. The van der Waals surface area contributed by atoms with Crippen LogP contribution in [0.1, 0.15) is 37.9 Å². The lowest BCUT2D eigenvalue weighted by atomic mass is 9.74. The van der Waals surface area contributed by atoms with Gasteiger partial charge in [-0.1, -0.05) is 19.1 Å². The van der Waals surface area contributed by atoms with Crippen molar-refractivity contribution in [1.29, 1.82) is 5.26 Å². The molecule has 0 radical (unpaired) electrons. The minimum atomic E-state index is -0.781. The number of aliphatic hydroxyl groups excluding tert-OH is 1. The first-order valence-corrected chi connectivity index (χ1v) is 7.11. The lowest BCUT2D eigenvalue weighted by molar-refractivity contribution is -0.0310. The van der Waals surface area contributed by atoms with Crippen molar-refractivity contribution in [2.45, 2.75) is 32.3 Å². The Hall–Kier alpha value is -1.57. The summed E-state index contributed by atoms with van der Waals surface area (Å²) in [5, 5.41) is 20.0. The Morgan fingerprint density at radius 3 is 2.55 bits per heavy atom. The van der Waals surface area contributed by atoms with E-state index in [9.17, 15) is 10.4 Å². The number of nitriles is 1. The third kappa shape index (κ3) is 3.12. The molecule has 0 saturated carbocycles. The van der Waals surface area contributed by atoms with Gasteiger partial charge in [0.05, 0.1) is 24.2 Å². The molecule has 1 unspecified atom stereocenters. The molecular weight excluding hydrogens is 254 g/mol. The van der Waals surface area contributed by atoms with Crippen LogP contribution in [0.15, 0.2) is 24.3 Å². The highest BCUT2D eigenvalue weighted by Gasteiger charge is 2.40. The molecule has 1 saturated heterocycles. The summed E-state index contributed by atoms with van der Waals surface area (Å²) < 4.78 is 10.8. The van der Waals surface area contributed by atoms with Crippen molar-refractivity contribution in [1.82, 2.24) is 0 Å². The molecule has 0 bridgehead atoms. The highest BCUT2D eigenvalue weighted by molar-refractivity contribution is 5.30. The van der Waals surface area contributed by atoms with Crippen LogP contribution in [0.2, 0.25) is 0 Å². The predicted molar refractivity (Wildman–Crippen MR) is 75.3 cm³/mol. The fourth-order valence-electron chi connectivity index (χ4n) is 2.47. The molecule has 0 spiro atoms. The summed E-state index contributed by atoms with van der Waals surface area (Å²) in [6.07, 6.45) is 1.32. The smallest absolute Gasteiger partial charge is 0.119 e. The highest BCUT2D eigenvalue weighted by Crippen LogP contribution is 2.42. The molecule has 108 valence electrons. The maximum Gasteiger partial charge on any atom is 0.119 e. The van der Waals surface area contributed by atoms with Gasteiger partial charge in [0, 0.05) is 13.2 Å². The molecule has 1 atom stereocenters. The predicted octanol–water partition coefficient (Wildman–Crippen LogP) is 2.83. The minimum Gasteiger partial charge on any atom is -0.494 e. The van der Waals surface area contributed by atoms with Gasteiger partial charge in [-0.15, -0.1) is 0 Å². The van der Waals surface area contributed by atoms with Crippen molar-refractivity contribution in [3.8, 4) is 11.8 Å². The fourth-order valence-corrected chi connectivity index (χ4v) is 2.47. The number of hydrogen-bond acceptors (Lipinski definition) is 4. The summed E-state index contributed by atoms with van der Waals surface area (Å²) >= 11 is 0. The maximum atomic E-state index is 10.5. The van der Waals surface area contributed by atoms with Gasteiger partial charge in [-0.3, -0.25) is 0 Å². The van der Waals surface area contributed by atoms with Crippen molar-refractivity contribution >= 4 is 0 Å². The molecule has 0 aromatic heterocycles. The zero-order valence-corrected chi connectivity index (χ0v) is 11.8. The molecule has 0 aliphatic carbocycles. The topological polar surface area (TPSA) is 62.5 Å². The molecule has 1 N–H and O–H groups in total. The van der Waals surface area contributed by atoms with E-state index in [1.807, 2.05) is 24.3 Å². The summed E-state index contributed by atoms with van der Waals surface area (Å²) in [5.41, 5.74) is 0.0293. The van der Waals surface area contributed by atoms with E-state index in [0.717, 1.165) is 17.7 Å². The van der Waals surface area contributed by atoms with Crippen molar-refractivity contribution in [3.05, 3.63) is 29.8 Å². The average Bonchev–Trinajstić information content (AvgIpc) is 2.53. The van der Waals surface area contributed by atoms with Gasteiger partial charge in [0.25, 0.3) is 0 Å². The third-order valence-corrected chi connectivity index (χ3v) is 3.80. The first-order chi connectivity index (χ1) is 9.72. The molecule has 1 fully saturated rings. The monoisotopic (exact) mass is 275 g/mol. The zero-order chi connectivity index (χ0) is 14.4. The molecule has 0 amide bonds. The van der Waals surface area contributed by atoms with Gasteiger partial charge in [0.15, 0.2) is 0 Å². The summed E-state index contributed by atoms with van der Waals surface area (Å²) in [7, 11) is 0. The van der Waals surface area contributed by atoms with Crippen LogP contribution in [0.5, 0.6) is 5.75 Å². The van der Waals surface area contributed by atoms with Crippen LogP contribution >= 0.6 is 0 Å². The quantitative estimate of drug-likeness (QED) is 0.897. The second kappa shape index (κ2) is 6.74. The Bertz CT molecular complexity index is 458. The minimum absolute atomic E-state index is 0.530. The molecule has 1 aliphatic rings. The number of benzene rings is 1. The van der Waals surface area contributed by atoms with Crippen LogP contribution in [0.4, 0.5) is 0 Å². The molecular formula is C16H21NO3. The number of aliphatic hydroxyl groups is 1. The Morgan fingerprint density at radius 2 is 2.00 bits per heavy atom. The van der Waals surface area contributed by atoms with E-state index < -0.39 is 11.5 Å². The van der Waals surface area contributed by atoms with Crippen LogP contribution in [-0.4, -0.2) is 24.9 Å². The van der Waals surface area contributed by atoms with Crippen molar-refractivity contribution in [2.75, 3.05) is 19.8 Å². The van der Waals surface area contributed by atoms with Crippen LogP contribution in [0.25, 0.3) is 0 Å². The number of rotatable bonds is 5. The summed E-state index contributed by atoms with van der Waals surface area (Å²) in [4.78, 5) is 0. The van der Waals surface area contributed by atoms with Gasteiger partial charge in [-0.2, -0.15) is 5.26 Å². The van der Waals surface area contributed by atoms with Crippen LogP contribution in [-0.2, 0) is 4.74 Å². The molecule has 4 heteroatoms. The first-order valence-electron chi connectivity index (χ1n) is 7.11. The Morgan fingerprint density at radius 1 is 1.35 bits per heavy atom. The average molecular weight is 275 g/mol. The molecule has 1 aromatic rings. The van der Waals surface area contributed by atoms with Crippen molar-refractivity contribution < 1.29 is 14.6 Å². The number of ether oxygens (including phenoxy) is 2. The van der Waals surface area contributed by atoms with E-state index in [4.69, 9.17) is 9.47 Å². The van der Waals surface area contributed by atoms with Crippen molar-refractivity contribution in [2.24, 2.45) is 5.41 Å². The second-order valence-corrected chi connectivity index (χ2v) is 5.20. The molecule has 20 heavy (non-hydrogen) atoms. The van der Waals surface area contributed by atoms with E-state index in [1.54, 1.807) is 0 Å². The Balaban J connectivity index is 2.11. The first kappa shape index (κ1) is 14.8. The molecule has 1 aromatic carbocycles. The van der Waals surface area contributed by atoms with E-state index >= 15 is 0 Å². The van der Waals surface area contributed by atoms with E-state index in [1.165, 1.54) is 0 Å².